The van der Waals surface area contributed by atoms with Crippen molar-refractivity contribution in [3.63, 3.8) is 0 Å². The molecule has 1 unspecified atom stereocenters. The van der Waals surface area contributed by atoms with Crippen molar-refractivity contribution in [1.82, 2.24) is 4.98 Å². The van der Waals surface area contributed by atoms with Crippen LogP contribution in [0.15, 0.2) is 12.3 Å². The lowest BCUT2D eigenvalue weighted by atomic mass is 10.2. The van der Waals surface area contributed by atoms with E-state index in [2.05, 4.69) is 4.98 Å². The Morgan fingerprint density at radius 2 is 2.44 bits per heavy atom. The average Bonchev–Trinajstić information content (AvgIpc) is 2.14. The molecule has 0 aliphatic carbocycles. The van der Waals surface area contributed by atoms with Crippen LogP contribution in [0.5, 0.6) is 5.88 Å². The third-order valence-electron chi connectivity index (χ3n) is 1.22. The van der Waals surface area contributed by atoms with E-state index in [9.17, 15) is 0 Å². The second-order valence-electron chi connectivity index (χ2n) is 2.11. The molecule has 1 aromatic rings. The molecule has 9 heavy (non-hydrogen) atoms. The molecule has 0 amide bonds. The Bertz CT molecular complexity index is 193. The van der Waals surface area contributed by atoms with Gasteiger partial charge in [0.2, 0.25) is 0 Å². The van der Waals surface area contributed by atoms with Crippen LogP contribution in [0, 0.1) is 0 Å². The van der Waals surface area contributed by atoms with E-state index in [0.717, 1.165) is 5.56 Å². The summed E-state index contributed by atoms with van der Waals surface area (Å²) >= 11 is 0. The molecule has 3 nitrogen and oxygen atoms in total. The highest BCUT2D eigenvalue weighted by Crippen LogP contribution is 2.13. The zero-order chi connectivity index (χ0) is 6.85. The Balaban J connectivity index is 2.85. The summed E-state index contributed by atoms with van der Waals surface area (Å²) in [6, 6.07) is 1.60. The first-order chi connectivity index (χ1) is 4.20. The van der Waals surface area contributed by atoms with Crippen molar-refractivity contribution in [2.45, 2.75) is 13.0 Å². The molecule has 0 saturated heterocycles. The van der Waals surface area contributed by atoms with Crippen LogP contribution in [0.25, 0.3) is 0 Å². The van der Waals surface area contributed by atoms with Crippen LogP contribution in [0.4, 0.5) is 0 Å². The Hall–Kier alpha value is -0.960. The van der Waals surface area contributed by atoms with Crippen molar-refractivity contribution in [2.75, 3.05) is 0 Å². The number of aromatic amines is 1. The van der Waals surface area contributed by atoms with Crippen LogP contribution >= 0.6 is 0 Å². The third-order valence-corrected chi connectivity index (χ3v) is 1.22. The molecular formula is C6H10N2O. The van der Waals surface area contributed by atoms with Crippen molar-refractivity contribution in [1.29, 1.82) is 0 Å². The van der Waals surface area contributed by atoms with Gasteiger partial charge in [0.15, 0.2) is 5.88 Å². The molecule has 50 valence electrons. The number of aromatic hydroxyl groups is 1. The van der Waals surface area contributed by atoms with Crippen molar-refractivity contribution in [3.8, 4) is 5.88 Å². The molecule has 3 heteroatoms. The van der Waals surface area contributed by atoms with Gasteiger partial charge in [-0.15, -0.1) is 0 Å². The smallest absolute Gasteiger partial charge is 0.188 e. The summed E-state index contributed by atoms with van der Waals surface area (Å²) in [7, 11) is 0. The maximum atomic E-state index is 8.79. The van der Waals surface area contributed by atoms with E-state index in [1.807, 2.05) is 6.92 Å². The fourth-order valence-electron chi connectivity index (χ4n) is 0.661. The van der Waals surface area contributed by atoms with E-state index in [4.69, 9.17) is 10.8 Å². The van der Waals surface area contributed by atoms with Gasteiger partial charge in [0, 0.05) is 18.3 Å². The normalized spacial score (nSPS) is 13.6. The second-order valence-corrected chi connectivity index (χ2v) is 2.11. The van der Waals surface area contributed by atoms with Gasteiger partial charge in [-0.3, -0.25) is 0 Å². The highest BCUT2D eigenvalue weighted by atomic mass is 16.3. The SMILES string of the molecule is CC(N)c1c[nH]c(O)c1. The first kappa shape index (κ1) is 6.16. The van der Waals surface area contributed by atoms with Crippen LogP contribution in [-0.4, -0.2) is 10.1 Å². The summed E-state index contributed by atoms with van der Waals surface area (Å²) in [5.74, 6) is 0.169. The number of nitrogens with two attached hydrogens (primary N) is 1. The first-order valence-electron chi connectivity index (χ1n) is 2.83. The van der Waals surface area contributed by atoms with Crippen LogP contribution in [0.2, 0.25) is 0 Å². The Kier molecular flexibility index (Phi) is 1.44. The lowest BCUT2D eigenvalue weighted by Gasteiger charge is -1.96. The molecule has 0 aromatic carbocycles. The highest BCUT2D eigenvalue weighted by molar-refractivity contribution is 5.22. The van der Waals surface area contributed by atoms with Crippen molar-refractivity contribution >= 4 is 0 Å². The maximum Gasteiger partial charge on any atom is 0.188 e. The number of rotatable bonds is 1. The molecule has 1 heterocycles. The van der Waals surface area contributed by atoms with Gasteiger partial charge in [-0.25, -0.2) is 0 Å². The number of hydrogen-bond acceptors (Lipinski definition) is 2. The molecule has 0 aliphatic rings. The van der Waals surface area contributed by atoms with Crippen molar-refractivity contribution in [2.24, 2.45) is 5.73 Å². The number of aromatic nitrogens is 1. The lowest BCUT2D eigenvalue weighted by Crippen LogP contribution is -2.02. The summed E-state index contributed by atoms with van der Waals surface area (Å²) in [5, 5.41) is 8.79. The number of hydrogen-bond donors (Lipinski definition) is 3. The standard InChI is InChI=1S/C6H10N2O/c1-4(7)5-2-6(9)8-3-5/h2-4,8-9H,7H2,1H3. The molecule has 0 radical (unpaired) electrons. The molecule has 0 saturated carbocycles. The van der Waals surface area contributed by atoms with Gasteiger partial charge >= 0.3 is 0 Å². The summed E-state index contributed by atoms with van der Waals surface area (Å²) in [6.45, 7) is 1.86. The van der Waals surface area contributed by atoms with Gasteiger partial charge in [-0.1, -0.05) is 0 Å². The molecule has 1 rings (SSSR count). The van der Waals surface area contributed by atoms with Gasteiger partial charge in [0.1, 0.15) is 0 Å². The largest absolute Gasteiger partial charge is 0.495 e. The molecule has 0 fully saturated rings. The molecule has 4 N–H and O–H groups in total. The fourth-order valence-corrected chi connectivity index (χ4v) is 0.661. The quantitative estimate of drug-likeness (QED) is 0.519. The van der Waals surface area contributed by atoms with Crippen LogP contribution < -0.4 is 5.73 Å². The molecule has 0 spiro atoms. The second kappa shape index (κ2) is 2.11. The van der Waals surface area contributed by atoms with Gasteiger partial charge < -0.3 is 15.8 Å². The maximum absolute atomic E-state index is 8.79. The van der Waals surface area contributed by atoms with E-state index >= 15 is 0 Å². The lowest BCUT2D eigenvalue weighted by molar-refractivity contribution is 0.457. The molecular weight excluding hydrogens is 116 g/mol. The zero-order valence-corrected chi connectivity index (χ0v) is 5.26. The van der Waals surface area contributed by atoms with E-state index in [0.29, 0.717) is 0 Å². The first-order valence-corrected chi connectivity index (χ1v) is 2.83. The van der Waals surface area contributed by atoms with Crippen LogP contribution in [0.3, 0.4) is 0 Å². The molecule has 0 bridgehead atoms. The van der Waals surface area contributed by atoms with Crippen LogP contribution in [-0.2, 0) is 0 Å². The van der Waals surface area contributed by atoms with Crippen molar-refractivity contribution < 1.29 is 5.11 Å². The predicted octanol–water partition coefficient (Wildman–Crippen LogP) is 0.740. The van der Waals surface area contributed by atoms with Gasteiger partial charge in [-0.05, 0) is 12.5 Å². The summed E-state index contributed by atoms with van der Waals surface area (Å²) in [6.07, 6.45) is 1.69. The van der Waals surface area contributed by atoms with Gasteiger partial charge in [0.25, 0.3) is 0 Å². The minimum atomic E-state index is -0.0119. The van der Waals surface area contributed by atoms with Gasteiger partial charge in [-0.2, -0.15) is 0 Å². The van der Waals surface area contributed by atoms with E-state index in [1.165, 1.54) is 0 Å². The Labute approximate surface area is 53.5 Å². The third kappa shape index (κ3) is 1.23. The molecule has 1 aromatic heterocycles. The topological polar surface area (TPSA) is 62.0 Å². The zero-order valence-electron chi connectivity index (χ0n) is 5.26. The minimum Gasteiger partial charge on any atom is -0.495 e. The Morgan fingerprint density at radius 1 is 1.78 bits per heavy atom. The monoisotopic (exact) mass is 126 g/mol. The highest BCUT2D eigenvalue weighted by Gasteiger charge is 1.99. The summed E-state index contributed by atoms with van der Waals surface area (Å²) in [4.78, 5) is 2.63. The number of nitrogens with one attached hydrogen (secondary N) is 1. The minimum absolute atomic E-state index is 0.0119. The fraction of sp³-hybridized carbons (Fsp3) is 0.333. The van der Waals surface area contributed by atoms with Gasteiger partial charge in [0.05, 0.1) is 0 Å². The molecule has 0 aliphatic heterocycles. The summed E-state index contributed by atoms with van der Waals surface area (Å²) in [5.41, 5.74) is 6.42. The number of H-pyrrole nitrogens is 1. The summed E-state index contributed by atoms with van der Waals surface area (Å²) < 4.78 is 0. The Morgan fingerprint density at radius 3 is 2.67 bits per heavy atom. The van der Waals surface area contributed by atoms with E-state index in [-0.39, 0.29) is 11.9 Å². The van der Waals surface area contributed by atoms with Crippen LogP contribution in [0.1, 0.15) is 18.5 Å². The van der Waals surface area contributed by atoms with E-state index < -0.39 is 0 Å². The predicted molar refractivity (Wildman–Crippen MR) is 35.1 cm³/mol. The van der Waals surface area contributed by atoms with E-state index in [1.54, 1.807) is 12.3 Å². The molecule has 1 atom stereocenters. The average molecular weight is 126 g/mol. The van der Waals surface area contributed by atoms with Crippen molar-refractivity contribution in [3.05, 3.63) is 17.8 Å².